The predicted octanol–water partition coefficient (Wildman–Crippen LogP) is -0.507. The topological polar surface area (TPSA) is 156 Å². The van der Waals surface area contributed by atoms with E-state index in [1.807, 2.05) is 0 Å². The number of hydrogen-bond donors (Lipinski definition) is 3. The molecule has 0 aliphatic rings. The number of anilines is 1. The Bertz CT molecular complexity index is 704. The van der Waals surface area contributed by atoms with Gasteiger partial charge in [-0.2, -0.15) is 0 Å². The maximum atomic E-state index is 11.7. The molecule has 0 aliphatic carbocycles. The highest BCUT2D eigenvalue weighted by Gasteiger charge is 2.22. The zero-order valence-electron chi connectivity index (χ0n) is 12.6. The van der Waals surface area contributed by atoms with Crippen molar-refractivity contribution in [3.8, 4) is 0 Å². The van der Waals surface area contributed by atoms with E-state index in [4.69, 9.17) is 5.14 Å². The Morgan fingerprint density at radius 1 is 1.48 bits per heavy atom. The Hall–Kier alpha value is -2.24. The molecule has 0 fully saturated rings. The summed E-state index contributed by atoms with van der Waals surface area (Å²) in [6.07, 6.45) is -0.0857. The first-order valence-electron chi connectivity index (χ1n) is 6.45. The molecule has 0 bridgehead atoms. The van der Waals surface area contributed by atoms with Crippen LogP contribution in [0.2, 0.25) is 0 Å². The van der Waals surface area contributed by atoms with E-state index in [1.165, 1.54) is 11.0 Å². The first kappa shape index (κ1) is 18.8. The van der Waals surface area contributed by atoms with E-state index in [-0.39, 0.29) is 18.0 Å². The van der Waals surface area contributed by atoms with Crippen molar-refractivity contribution >= 4 is 27.3 Å². The smallest absolute Gasteiger partial charge is 0.293 e. The minimum atomic E-state index is -4.08. The molecule has 1 amide bonds. The fraction of sp³-hybridized carbons (Fsp3) is 0.417. The summed E-state index contributed by atoms with van der Waals surface area (Å²) in [6.45, 7) is -0.437. The number of carbonyl (C=O) groups excluding carboxylic acids is 1. The molecule has 4 N–H and O–H groups in total. The van der Waals surface area contributed by atoms with Crippen LogP contribution in [0.25, 0.3) is 0 Å². The summed E-state index contributed by atoms with van der Waals surface area (Å²) in [5.41, 5.74) is -0.541. The van der Waals surface area contributed by atoms with Crippen molar-refractivity contribution in [2.24, 2.45) is 5.14 Å². The fourth-order valence-corrected chi connectivity index (χ4v) is 2.27. The molecular weight excluding hydrogens is 328 g/mol. The lowest BCUT2D eigenvalue weighted by Gasteiger charge is -2.19. The highest BCUT2D eigenvalue weighted by Crippen LogP contribution is 2.28. The van der Waals surface area contributed by atoms with Gasteiger partial charge >= 0.3 is 0 Å². The number of sulfonamides is 1. The maximum Gasteiger partial charge on any atom is 0.293 e. The van der Waals surface area contributed by atoms with E-state index in [0.717, 1.165) is 12.1 Å². The molecule has 0 unspecified atom stereocenters. The van der Waals surface area contributed by atoms with E-state index in [1.54, 1.807) is 14.1 Å². The highest BCUT2D eigenvalue weighted by molar-refractivity contribution is 7.89. The minimum Gasteiger partial charge on any atom is -0.394 e. The quantitative estimate of drug-likeness (QED) is 0.443. The molecule has 0 radical (unpaired) electrons. The summed E-state index contributed by atoms with van der Waals surface area (Å²) < 4.78 is 22.5. The summed E-state index contributed by atoms with van der Waals surface area (Å²) in [6, 6.07) is 2.33. The van der Waals surface area contributed by atoms with Crippen LogP contribution in [0.3, 0.4) is 0 Å². The van der Waals surface area contributed by atoms with Crippen LogP contribution in [0.5, 0.6) is 0 Å². The summed E-state index contributed by atoms with van der Waals surface area (Å²) in [7, 11) is -0.999. The lowest BCUT2D eigenvalue weighted by atomic mass is 10.1. The Morgan fingerprint density at radius 2 is 2.09 bits per heavy atom. The summed E-state index contributed by atoms with van der Waals surface area (Å²) >= 11 is 0. The third kappa shape index (κ3) is 5.16. The van der Waals surface area contributed by atoms with Crippen LogP contribution in [-0.4, -0.2) is 56.0 Å². The van der Waals surface area contributed by atoms with Gasteiger partial charge in [-0.25, -0.2) is 13.6 Å². The minimum absolute atomic E-state index is 0.0204. The SMILES string of the molecule is CN(C)C(=O)C[C@H](CO)Nc1ccc(S(N)(=O)=O)cc1[N+](=O)[O-]. The Kier molecular flexibility index (Phi) is 6.01. The number of primary sulfonamides is 1. The molecule has 0 heterocycles. The number of aliphatic hydroxyl groups is 1. The van der Waals surface area contributed by atoms with Gasteiger partial charge in [-0.05, 0) is 12.1 Å². The first-order chi connectivity index (χ1) is 10.6. The number of nitrogens with two attached hydrogens (primary N) is 1. The Labute approximate surface area is 133 Å². The van der Waals surface area contributed by atoms with Crippen LogP contribution in [-0.2, 0) is 14.8 Å². The lowest BCUT2D eigenvalue weighted by molar-refractivity contribution is -0.384. The van der Waals surface area contributed by atoms with E-state index in [2.05, 4.69) is 5.32 Å². The van der Waals surface area contributed by atoms with Crippen molar-refractivity contribution in [3.63, 3.8) is 0 Å². The number of nitrogens with one attached hydrogen (secondary N) is 1. The molecule has 23 heavy (non-hydrogen) atoms. The monoisotopic (exact) mass is 346 g/mol. The second-order valence-corrected chi connectivity index (χ2v) is 6.56. The fourth-order valence-electron chi connectivity index (χ4n) is 1.74. The number of hydrogen-bond acceptors (Lipinski definition) is 7. The zero-order valence-corrected chi connectivity index (χ0v) is 13.4. The molecule has 0 spiro atoms. The van der Waals surface area contributed by atoms with E-state index in [0.29, 0.717) is 0 Å². The molecule has 0 saturated heterocycles. The molecule has 11 heteroatoms. The molecule has 1 aromatic rings. The molecule has 1 rings (SSSR count). The van der Waals surface area contributed by atoms with Crippen LogP contribution in [0.1, 0.15) is 6.42 Å². The normalized spacial score (nSPS) is 12.5. The molecule has 0 aromatic heterocycles. The zero-order chi connectivity index (χ0) is 17.8. The summed E-state index contributed by atoms with van der Waals surface area (Å²) in [5, 5.41) is 28.0. The van der Waals surface area contributed by atoms with Crippen molar-refractivity contribution in [2.45, 2.75) is 17.4 Å². The molecule has 0 saturated carbocycles. The predicted molar refractivity (Wildman–Crippen MR) is 82.3 cm³/mol. The Balaban J connectivity index is 3.11. The van der Waals surface area contributed by atoms with Gasteiger partial charge in [-0.1, -0.05) is 0 Å². The number of rotatable bonds is 7. The average Bonchev–Trinajstić information content (AvgIpc) is 2.45. The molecule has 0 aliphatic heterocycles. The van der Waals surface area contributed by atoms with Gasteiger partial charge in [-0.15, -0.1) is 0 Å². The van der Waals surface area contributed by atoms with Crippen LogP contribution >= 0.6 is 0 Å². The van der Waals surface area contributed by atoms with Crippen molar-refractivity contribution in [2.75, 3.05) is 26.0 Å². The van der Waals surface area contributed by atoms with Gasteiger partial charge < -0.3 is 15.3 Å². The van der Waals surface area contributed by atoms with Gasteiger partial charge in [0, 0.05) is 26.6 Å². The lowest BCUT2D eigenvalue weighted by Crippen LogP contribution is -2.32. The highest BCUT2D eigenvalue weighted by atomic mass is 32.2. The number of nitro groups is 1. The second-order valence-electron chi connectivity index (χ2n) is 5.00. The van der Waals surface area contributed by atoms with E-state index >= 15 is 0 Å². The number of carbonyl (C=O) groups is 1. The second kappa shape index (κ2) is 7.35. The molecule has 1 atom stereocenters. The third-order valence-electron chi connectivity index (χ3n) is 2.99. The summed E-state index contributed by atoms with van der Waals surface area (Å²) in [4.78, 5) is 22.9. The molecule has 1 aromatic carbocycles. The van der Waals surface area contributed by atoms with Gasteiger partial charge in [-0.3, -0.25) is 14.9 Å². The maximum absolute atomic E-state index is 11.7. The molecule has 128 valence electrons. The van der Waals surface area contributed by atoms with Crippen molar-refractivity contribution < 1.29 is 23.2 Å². The van der Waals surface area contributed by atoms with Gasteiger partial charge in [0.15, 0.2) is 0 Å². The third-order valence-corrected chi connectivity index (χ3v) is 3.91. The Morgan fingerprint density at radius 3 is 2.52 bits per heavy atom. The number of benzene rings is 1. The standard InChI is InChI=1S/C12H18N4O6S/c1-15(2)12(18)5-8(7-17)14-10-4-3-9(23(13,21)22)6-11(10)16(19)20/h3-4,6,8,14,17H,5,7H2,1-2H3,(H2,13,21,22)/t8-/m1/s1. The first-order valence-corrected chi connectivity index (χ1v) is 7.99. The number of nitro benzene ring substituents is 1. The van der Waals surface area contributed by atoms with Crippen LogP contribution in [0, 0.1) is 10.1 Å². The molecular formula is C12H18N4O6S. The van der Waals surface area contributed by atoms with Crippen molar-refractivity contribution in [1.29, 1.82) is 0 Å². The van der Waals surface area contributed by atoms with Crippen molar-refractivity contribution in [3.05, 3.63) is 28.3 Å². The van der Waals surface area contributed by atoms with Gasteiger partial charge in [0.2, 0.25) is 15.9 Å². The molecule has 10 nitrogen and oxygen atoms in total. The summed E-state index contributed by atoms with van der Waals surface area (Å²) in [5.74, 6) is -0.277. The van der Waals surface area contributed by atoms with Gasteiger partial charge in [0.1, 0.15) is 5.69 Å². The van der Waals surface area contributed by atoms with Gasteiger partial charge in [0.25, 0.3) is 5.69 Å². The number of nitrogens with zero attached hydrogens (tertiary/aromatic N) is 2. The average molecular weight is 346 g/mol. The van der Waals surface area contributed by atoms with E-state index < -0.39 is 38.2 Å². The number of amides is 1. The van der Waals surface area contributed by atoms with Gasteiger partial charge in [0.05, 0.1) is 22.5 Å². The van der Waals surface area contributed by atoms with E-state index in [9.17, 15) is 28.4 Å². The van der Waals surface area contributed by atoms with Crippen LogP contribution < -0.4 is 10.5 Å². The van der Waals surface area contributed by atoms with Crippen LogP contribution in [0.4, 0.5) is 11.4 Å². The number of aliphatic hydroxyl groups excluding tert-OH is 1. The van der Waals surface area contributed by atoms with Crippen LogP contribution in [0.15, 0.2) is 23.1 Å². The largest absolute Gasteiger partial charge is 0.394 e. The van der Waals surface area contributed by atoms with Crippen molar-refractivity contribution in [1.82, 2.24) is 4.90 Å².